The summed E-state index contributed by atoms with van der Waals surface area (Å²) >= 11 is 1.50. The Bertz CT molecular complexity index is 353. The van der Waals surface area contributed by atoms with E-state index in [2.05, 4.69) is 0 Å². The van der Waals surface area contributed by atoms with Crippen LogP contribution in [0.3, 0.4) is 0 Å². The molecule has 76 valence electrons. The van der Waals surface area contributed by atoms with E-state index in [0.29, 0.717) is 0 Å². The average molecular weight is 256 g/mol. The van der Waals surface area contributed by atoms with Gasteiger partial charge in [-0.1, -0.05) is 0 Å². The molecular weight excluding hydrogens is 242 g/mol. The summed E-state index contributed by atoms with van der Waals surface area (Å²) in [6.07, 6.45) is 2.76. The van der Waals surface area contributed by atoms with Crippen molar-refractivity contribution < 1.29 is 9.50 Å². The van der Waals surface area contributed by atoms with Gasteiger partial charge in [-0.2, -0.15) is 0 Å². The van der Waals surface area contributed by atoms with Crippen LogP contribution in [-0.4, -0.2) is 28.6 Å². The second kappa shape index (κ2) is 3.67. The second-order valence-electron chi connectivity index (χ2n) is 3.93. The summed E-state index contributed by atoms with van der Waals surface area (Å²) < 4.78 is 13.3. The van der Waals surface area contributed by atoms with E-state index < -0.39 is 0 Å². The van der Waals surface area contributed by atoms with Crippen LogP contribution in [0.4, 0.5) is 4.39 Å². The molecule has 1 aromatic carbocycles. The zero-order valence-electron chi connectivity index (χ0n) is 7.96. The molecule has 14 heavy (non-hydrogen) atoms. The van der Waals surface area contributed by atoms with Gasteiger partial charge in [0.2, 0.25) is 0 Å². The van der Waals surface area contributed by atoms with Gasteiger partial charge in [-0.3, -0.25) is 0 Å². The van der Waals surface area contributed by atoms with Crippen LogP contribution in [0.5, 0.6) is 0 Å². The van der Waals surface area contributed by atoms with E-state index in [9.17, 15) is 9.50 Å². The van der Waals surface area contributed by atoms with Crippen molar-refractivity contribution in [2.45, 2.75) is 23.5 Å². The summed E-state index contributed by atoms with van der Waals surface area (Å²) in [7, 11) is 0. The van der Waals surface area contributed by atoms with Crippen LogP contribution in [-0.2, 0) is 10.6 Å². The Morgan fingerprint density at radius 2 is 2.29 bits per heavy atom. The summed E-state index contributed by atoms with van der Waals surface area (Å²) in [5, 5.41) is 9.38. The van der Waals surface area contributed by atoms with E-state index in [1.165, 1.54) is 22.9 Å². The third-order valence-electron chi connectivity index (χ3n) is 2.99. The van der Waals surface area contributed by atoms with Crippen molar-refractivity contribution >= 4 is 16.9 Å². The third-order valence-corrected chi connectivity index (χ3v) is 4.63. The van der Waals surface area contributed by atoms with Crippen molar-refractivity contribution in [2.75, 3.05) is 6.61 Å². The second-order valence-corrected chi connectivity index (χ2v) is 6.25. The number of rotatable bonds is 1. The van der Waals surface area contributed by atoms with Crippen molar-refractivity contribution in [3.05, 3.63) is 35.1 Å². The van der Waals surface area contributed by atoms with E-state index in [1.54, 1.807) is 6.07 Å². The zero-order chi connectivity index (χ0) is 10.2. The fourth-order valence-corrected chi connectivity index (χ4v) is 3.15. The summed E-state index contributed by atoms with van der Waals surface area (Å²) in [5.41, 5.74) is 1.84. The predicted molar refractivity (Wildman–Crippen MR) is 56.6 cm³/mol. The molecule has 0 radical (unpaired) electrons. The molecule has 1 nitrogen and oxygen atoms in total. The fraction of sp³-hybridized carbons (Fsp3) is 0.455. The van der Waals surface area contributed by atoms with Crippen LogP contribution in [0.25, 0.3) is 0 Å². The Labute approximate surface area is 91.8 Å². The molecule has 0 aromatic heterocycles. The topological polar surface area (TPSA) is 20.2 Å². The molecule has 0 heterocycles. The fourth-order valence-electron chi connectivity index (χ4n) is 2.16. The Balaban J connectivity index is 2.55. The number of fused-ring (bicyclic) bond motifs is 1. The summed E-state index contributed by atoms with van der Waals surface area (Å²) in [5.74, 6) is -0.113. The summed E-state index contributed by atoms with van der Waals surface area (Å²) in [6.45, 7) is 0.128. The third kappa shape index (κ3) is 1.51. The Hall–Kier alpha value is -0.332. The van der Waals surface area contributed by atoms with E-state index in [0.717, 1.165) is 30.4 Å². The summed E-state index contributed by atoms with van der Waals surface area (Å²) in [4.78, 5) is 0. The van der Waals surface area contributed by atoms with Crippen LogP contribution in [0.2, 0.25) is 0 Å². The minimum atomic E-state index is -0.178. The van der Waals surface area contributed by atoms with E-state index in [1.807, 2.05) is 6.07 Å². The van der Waals surface area contributed by atoms with Crippen LogP contribution < -0.4 is 0 Å². The number of hydrogen-bond acceptors (Lipinski definition) is 1. The molecule has 1 aliphatic rings. The standard InChI is InChI=1S/C11H14AsFO/c12-11(7-14)6-2-3-8-9(11)4-1-5-10(8)13/h1,4-5,14H,2-3,6-7,12H2/t11-/m1/s1. The van der Waals surface area contributed by atoms with Gasteiger partial charge in [0.1, 0.15) is 0 Å². The monoisotopic (exact) mass is 256 g/mol. The number of aliphatic hydroxyl groups is 1. The molecule has 0 aliphatic heterocycles. The maximum atomic E-state index is 13.5. The van der Waals surface area contributed by atoms with Crippen molar-refractivity contribution in [1.82, 2.24) is 0 Å². The van der Waals surface area contributed by atoms with Crippen molar-refractivity contribution in [3.63, 3.8) is 0 Å². The summed E-state index contributed by atoms with van der Waals surface area (Å²) in [6, 6.07) is 5.20. The van der Waals surface area contributed by atoms with Gasteiger partial charge >= 0.3 is 91.6 Å². The minimum absolute atomic E-state index is 0.113. The first-order chi connectivity index (χ1) is 6.67. The molecule has 3 heteroatoms. The van der Waals surface area contributed by atoms with Crippen LogP contribution in [0.15, 0.2) is 18.2 Å². The zero-order valence-corrected chi connectivity index (χ0v) is 10.4. The van der Waals surface area contributed by atoms with E-state index in [-0.39, 0.29) is 16.6 Å². The van der Waals surface area contributed by atoms with Gasteiger partial charge < -0.3 is 0 Å². The van der Waals surface area contributed by atoms with Crippen LogP contribution in [0, 0.1) is 5.82 Å². The van der Waals surface area contributed by atoms with Gasteiger partial charge in [-0.05, 0) is 0 Å². The van der Waals surface area contributed by atoms with Gasteiger partial charge in [0, 0.05) is 0 Å². The van der Waals surface area contributed by atoms with Crippen LogP contribution in [0.1, 0.15) is 24.0 Å². The van der Waals surface area contributed by atoms with Gasteiger partial charge in [0.05, 0.1) is 0 Å². The number of aliphatic hydroxyl groups excluding tert-OH is 1. The molecular formula is C11H14AsFO. The average Bonchev–Trinajstić information content (AvgIpc) is 2.20. The number of benzene rings is 1. The first kappa shape index (κ1) is 10.2. The Morgan fingerprint density at radius 3 is 3.00 bits per heavy atom. The molecule has 0 saturated heterocycles. The molecule has 1 unspecified atom stereocenters. The normalized spacial score (nSPS) is 25.9. The molecule has 1 N–H and O–H groups in total. The predicted octanol–water partition coefficient (Wildman–Crippen LogP) is 0.983. The molecule has 2 rings (SSSR count). The van der Waals surface area contributed by atoms with Gasteiger partial charge in [0.25, 0.3) is 0 Å². The van der Waals surface area contributed by atoms with E-state index >= 15 is 0 Å². The van der Waals surface area contributed by atoms with Gasteiger partial charge in [0.15, 0.2) is 0 Å². The Kier molecular flexibility index (Phi) is 2.68. The first-order valence-corrected chi connectivity index (χ1v) is 6.06. The first-order valence-electron chi connectivity index (χ1n) is 4.85. The number of halogens is 1. The molecule has 1 aromatic rings. The number of hydrogen-bond donors (Lipinski definition) is 1. The van der Waals surface area contributed by atoms with Crippen LogP contribution >= 0.6 is 0 Å². The molecule has 0 spiro atoms. The van der Waals surface area contributed by atoms with Crippen molar-refractivity contribution in [1.29, 1.82) is 0 Å². The molecule has 2 atom stereocenters. The van der Waals surface area contributed by atoms with Crippen molar-refractivity contribution in [2.24, 2.45) is 0 Å². The molecule has 0 saturated carbocycles. The molecule has 1 aliphatic carbocycles. The molecule has 0 amide bonds. The molecule has 0 fully saturated rings. The quantitative estimate of drug-likeness (QED) is 0.743. The van der Waals surface area contributed by atoms with Gasteiger partial charge in [-0.25, -0.2) is 0 Å². The Morgan fingerprint density at radius 1 is 1.50 bits per heavy atom. The van der Waals surface area contributed by atoms with Gasteiger partial charge in [-0.15, -0.1) is 0 Å². The van der Waals surface area contributed by atoms with Crippen molar-refractivity contribution in [3.8, 4) is 0 Å². The SMILES string of the molecule is OC[C@]1([AsH2])CCCc2c(F)cccc21. The maximum absolute atomic E-state index is 13.5. The molecule has 0 bridgehead atoms. The van der Waals surface area contributed by atoms with E-state index in [4.69, 9.17) is 0 Å².